The minimum Gasteiger partial charge on any atom is -0.461 e. The van der Waals surface area contributed by atoms with Crippen molar-refractivity contribution in [1.29, 1.82) is 0 Å². The first-order valence-corrected chi connectivity index (χ1v) is 12.1. The maximum atomic E-state index is 12.9. The van der Waals surface area contributed by atoms with Gasteiger partial charge < -0.3 is 14.5 Å². The standard InChI is InChI=1S/C26H36BN3O2/c27-26(30-14-8-3-9-15-30,20-25(31)32-21-23-10-4-1-5-11-23)22-28-16-18-29(19-17-28)24-12-6-2-7-13-24/h1-2,4-7,10-13H,3,8-9,14-22,27H2. The third-order valence-corrected chi connectivity index (χ3v) is 6.95. The van der Waals surface area contributed by atoms with Crippen molar-refractivity contribution in [2.45, 2.75) is 37.7 Å². The number of esters is 1. The van der Waals surface area contributed by atoms with Gasteiger partial charge in [-0.3, -0.25) is 9.69 Å². The summed E-state index contributed by atoms with van der Waals surface area (Å²) < 4.78 is 5.69. The molecule has 0 aliphatic carbocycles. The van der Waals surface area contributed by atoms with Crippen LogP contribution in [0.1, 0.15) is 31.2 Å². The van der Waals surface area contributed by atoms with E-state index in [-0.39, 0.29) is 11.4 Å². The van der Waals surface area contributed by atoms with Crippen molar-refractivity contribution >= 4 is 19.5 Å². The average Bonchev–Trinajstić information content (AvgIpc) is 2.85. The van der Waals surface area contributed by atoms with Gasteiger partial charge >= 0.3 is 5.97 Å². The van der Waals surface area contributed by atoms with Gasteiger partial charge in [0.15, 0.2) is 0 Å². The van der Waals surface area contributed by atoms with Crippen LogP contribution in [0.4, 0.5) is 5.69 Å². The molecule has 2 aliphatic heterocycles. The number of para-hydroxylation sites is 1. The lowest BCUT2D eigenvalue weighted by Gasteiger charge is -2.47. The number of likely N-dealkylation sites (tertiary alicyclic amines) is 1. The number of carbonyl (C=O) groups is 1. The molecule has 5 nitrogen and oxygen atoms in total. The Hall–Kier alpha value is -2.31. The van der Waals surface area contributed by atoms with Crippen LogP contribution in [0.15, 0.2) is 60.7 Å². The van der Waals surface area contributed by atoms with Gasteiger partial charge in [0, 0.05) is 43.8 Å². The highest BCUT2D eigenvalue weighted by atomic mass is 16.5. The number of rotatable bonds is 8. The molecule has 0 amide bonds. The lowest BCUT2D eigenvalue weighted by atomic mass is 9.71. The van der Waals surface area contributed by atoms with Crippen LogP contribution in [0.25, 0.3) is 0 Å². The van der Waals surface area contributed by atoms with E-state index in [2.05, 4.69) is 52.9 Å². The van der Waals surface area contributed by atoms with E-state index in [9.17, 15) is 4.79 Å². The second kappa shape index (κ2) is 11.0. The van der Waals surface area contributed by atoms with Crippen LogP contribution >= 0.6 is 0 Å². The molecule has 0 N–H and O–H groups in total. The minimum absolute atomic E-state index is 0.0927. The predicted octanol–water partition coefficient (Wildman–Crippen LogP) is 2.76. The van der Waals surface area contributed by atoms with Crippen molar-refractivity contribution < 1.29 is 9.53 Å². The largest absolute Gasteiger partial charge is 0.461 e. The summed E-state index contributed by atoms with van der Waals surface area (Å²) in [4.78, 5) is 20.4. The summed E-state index contributed by atoms with van der Waals surface area (Å²) in [5.41, 5.74) is 2.15. The Bertz CT molecular complexity index is 837. The summed E-state index contributed by atoms with van der Waals surface area (Å²) in [6, 6.07) is 20.6. The number of carbonyl (C=O) groups excluding carboxylic acids is 1. The normalized spacial score (nSPS) is 19.9. The molecule has 2 aliphatic rings. The van der Waals surface area contributed by atoms with Crippen LogP contribution in [0.3, 0.4) is 0 Å². The topological polar surface area (TPSA) is 36.0 Å². The van der Waals surface area contributed by atoms with Gasteiger partial charge in [0.1, 0.15) is 14.5 Å². The lowest BCUT2D eigenvalue weighted by molar-refractivity contribution is -0.147. The second-order valence-corrected chi connectivity index (χ2v) is 9.47. The SMILES string of the molecule is BC(CC(=O)OCc1ccccc1)(CN1CCN(c2ccccc2)CC1)N1CCCCC1. The summed E-state index contributed by atoms with van der Waals surface area (Å²) in [6.45, 7) is 7.52. The molecule has 0 aromatic heterocycles. The van der Waals surface area contributed by atoms with E-state index >= 15 is 0 Å². The monoisotopic (exact) mass is 433 g/mol. The van der Waals surface area contributed by atoms with Gasteiger partial charge in [-0.25, -0.2) is 0 Å². The molecule has 2 fully saturated rings. The van der Waals surface area contributed by atoms with Gasteiger partial charge in [-0.05, 0) is 43.6 Å². The third-order valence-electron chi connectivity index (χ3n) is 6.95. The smallest absolute Gasteiger partial charge is 0.307 e. The number of nitrogens with zero attached hydrogens (tertiary/aromatic N) is 3. The van der Waals surface area contributed by atoms with E-state index in [0.29, 0.717) is 13.0 Å². The van der Waals surface area contributed by atoms with E-state index in [0.717, 1.165) is 51.4 Å². The number of anilines is 1. The summed E-state index contributed by atoms with van der Waals surface area (Å²) in [6.07, 6.45) is 4.17. The number of piperazine rings is 1. The molecule has 0 spiro atoms. The van der Waals surface area contributed by atoms with Gasteiger partial charge in [0.25, 0.3) is 0 Å². The second-order valence-electron chi connectivity index (χ2n) is 9.47. The highest BCUT2D eigenvalue weighted by Crippen LogP contribution is 2.25. The van der Waals surface area contributed by atoms with E-state index in [1.54, 1.807) is 0 Å². The summed E-state index contributed by atoms with van der Waals surface area (Å²) in [5, 5.41) is 0. The number of hydrogen-bond donors (Lipinski definition) is 0. The highest BCUT2D eigenvalue weighted by Gasteiger charge is 2.37. The lowest BCUT2D eigenvalue weighted by Crippen LogP contribution is -2.61. The van der Waals surface area contributed by atoms with E-state index in [4.69, 9.17) is 4.74 Å². The van der Waals surface area contributed by atoms with E-state index in [1.165, 1.54) is 24.9 Å². The Kier molecular flexibility index (Phi) is 7.88. The third kappa shape index (κ3) is 6.14. The van der Waals surface area contributed by atoms with Crippen LogP contribution in [0.2, 0.25) is 0 Å². The molecule has 0 saturated carbocycles. The van der Waals surface area contributed by atoms with Crippen molar-refractivity contribution in [2.24, 2.45) is 0 Å². The van der Waals surface area contributed by atoms with E-state index in [1.807, 2.05) is 30.3 Å². The van der Waals surface area contributed by atoms with Crippen LogP contribution in [-0.2, 0) is 16.1 Å². The zero-order valence-electron chi connectivity index (χ0n) is 19.4. The van der Waals surface area contributed by atoms with E-state index < -0.39 is 0 Å². The van der Waals surface area contributed by atoms with Crippen LogP contribution < -0.4 is 4.90 Å². The first-order valence-electron chi connectivity index (χ1n) is 12.1. The fourth-order valence-corrected chi connectivity index (χ4v) is 5.09. The molecule has 1 atom stereocenters. The van der Waals surface area contributed by atoms with Crippen molar-refractivity contribution in [3.8, 4) is 0 Å². The van der Waals surface area contributed by atoms with Crippen molar-refractivity contribution in [1.82, 2.24) is 9.80 Å². The van der Waals surface area contributed by atoms with Gasteiger partial charge in [0.05, 0.1) is 6.42 Å². The molecule has 2 aromatic carbocycles. The molecule has 2 aromatic rings. The summed E-state index contributed by atoms with van der Waals surface area (Å²) >= 11 is 0. The maximum Gasteiger partial charge on any atom is 0.307 e. The summed E-state index contributed by atoms with van der Waals surface area (Å²) in [5.74, 6) is -0.0927. The molecular formula is C26H36BN3O2. The Morgan fingerprint density at radius 2 is 1.47 bits per heavy atom. The molecule has 2 heterocycles. The van der Waals surface area contributed by atoms with Crippen LogP contribution in [-0.4, -0.2) is 74.9 Å². The van der Waals surface area contributed by atoms with Crippen molar-refractivity contribution in [3.05, 3.63) is 66.2 Å². The molecular weight excluding hydrogens is 397 g/mol. The Balaban J connectivity index is 1.36. The molecule has 170 valence electrons. The molecule has 2 saturated heterocycles. The number of piperidine rings is 1. The fraction of sp³-hybridized carbons (Fsp3) is 0.500. The Morgan fingerprint density at radius 3 is 2.12 bits per heavy atom. The summed E-state index contributed by atoms with van der Waals surface area (Å²) in [7, 11) is 2.27. The van der Waals surface area contributed by atoms with Crippen LogP contribution in [0.5, 0.6) is 0 Å². The molecule has 6 heteroatoms. The van der Waals surface area contributed by atoms with Gasteiger partial charge in [-0.2, -0.15) is 0 Å². The predicted molar refractivity (Wildman–Crippen MR) is 133 cm³/mol. The quantitative estimate of drug-likeness (QED) is 0.473. The Morgan fingerprint density at radius 1 is 0.844 bits per heavy atom. The van der Waals surface area contributed by atoms with Crippen LogP contribution in [0, 0.1) is 0 Å². The zero-order valence-corrected chi connectivity index (χ0v) is 19.4. The first-order chi connectivity index (χ1) is 15.6. The van der Waals surface area contributed by atoms with Crippen molar-refractivity contribution in [2.75, 3.05) is 50.7 Å². The number of benzene rings is 2. The minimum atomic E-state index is -0.191. The number of ether oxygens (including phenoxy) is 1. The first kappa shape index (κ1) is 22.9. The van der Waals surface area contributed by atoms with Gasteiger partial charge in [-0.1, -0.05) is 55.0 Å². The molecule has 0 bridgehead atoms. The van der Waals surface area contributed by atoms with Gasteiger partial charge in [0.2, 0.25) is 0 Å². The highest BCUT2D eigenvalue weighted by molar-refractivity contribution is 6.17. The Labute approximate surface area is 193 Å². The number of hydrogen-bond acceptors (Lipinski definition) is 5. The molecule has 32 heavy (non-hydrogen) atoms. The zero-order chi connectivity index (χ0) is 22.2. The molecule has 0 radical (unpaired) electrons. The molecule has 1 unspecified atom stereocenters. The van der Waals surface area contributed by atoms with Gasteiger partial charge in [-0.15, -0.1) is 0 Å². The molecule has 4 rings (SSSR count). The fourth-order valence-electron chi connectivity index (χ4n) is 5.09. The average molecular weight is 433 g/mol. The maximum absolute atomic E-state index is 12.9. The van der Waals surface area contributed by atoms with Crippen molar-refractivity contribution in [3.63, 3.8) is 0 Å².